The number of nitrogens with one attached hydrogen (secondary N) is 1. The van der Waals surface area contributed by atoms with E-state index in [0.29, 0.717) is 11.1 Å². The Bertz CT molecular complexity index is 1480. The highest BCUT2D eigenvalue weighted by atomic mass is 32.3. The number of carbonyl (C=O) groups is 1. The highest BCUT2D eigenvalue weighted by Crippen LogP contribution is 2.34. The van der Waals surface area contributed by atoms with Gasteiger partial charge in [-0.3, -0.25) is 4.79 Å². The molecule has 13 heteroatoms. The second-order valence-corrected chi connectivity index (χ2v) is 10.3. The van der Waals surface area contributed by atoms with Gasteiger partial charge in [0.25, 0.3) is 0 Å². The van der Waals surface area contributed by atoms with Crippen LogP contribution in [0.25, 0.3) is 22.1 Å². The second-order valence-electron chi connectivity index (χ2n) is 7.63. The topological polar surface area (TPSA) is 101 Å². The van der Waals surface area contributed by atoms with Gasteiger partial charge in [-0.25, -0.2) is 18.7 Å². The number of alkyl halides is 3. The summed E-state index contributed by atoms with van der Waals surface area (Å²) in [7, 11) is -3.60. The van der Waals surface area contributed by atoms with Crippen LogP contribution in [0.3, 0.4) is 0 Å². The van der Waals surface area contributed by atoms with E-state index in [1.165, 1.54) is 48.9 Å². The van der Waals surface area contributed by atoms with E-state index < -0.39 is 33.8 Å². The molecule has 4 rings (SSSR count). The number of fused-ring (bicyclic) bond motifs is 1. The molecule has 0 aliphatic carbocycles. The van der Waals surface area contributed by atoms with Crippen LogP contribution in [-0.2, 0) is 20.7 Å². The SMILES string of the molecule is C[SH](O)(Cc1ccnc(Nc2cc(-c3ccc(F)c4ccoc34)c(F)cn2)c1)=NC(=O)C(F)(F)F. The van der Waals surface area contributed by atoms with Crippen molar-refractivity contribution in [2.75, 3.05) is 11.6 Å². The van der Waals surface area contributed by atoms with Crippen LogP contribution in [0.5, 0.6) is 0 Å². The van der Waals surface area contributed by atoms with E-state index in [2.05, 4.69) is 19.6 Å². The molecule has 3 heterocycles. The third-order valence-corrected chi connectivity index (χ3v) is 6.40. The quantitative estimate of drug-likeness (QED) is 0.235. The van der Waals surface area contributed by atoms with E-state index in [4.69, 9.17) is 4.42 Å². The second kappa shape index (κ2) is 9.15. The maximum Gasteiger partial charge on any atom is 0.474 e. The molecule has 0 atom stereocenters. The lowest BCUT2D eigenvalue weighted by Gasteiger charge is -2.18. The molecule has 7 nitrogen and oxygen atoms in total. The van der Waals surface area contributed by atoms with Gasteiger partial charge in [0.2, 0.25) is 0 Å². The summed E-state index contributed by atoms with van der Waals surface area (Å²) in [6, 6.07) is 8.22. The first-order valence-electron chi connectivity index (χ1n) is 9.89. The Morgan fingerprint density at radius 1 is 1.09 bits per heavy atom. The molecule has 0 bridgehead atoms. The summed E-state index contributed by atoms with van der Waals surface area (Å²) in [5.74, 6) is -3.50. The summed E-state index contributed by atoms with van der Waals surface area (Å²) in [6.07, 6.45) is -0.516. The number of nitrogens with zero attached hydrogens (tertiary/aromatic N) is 3. The first kappa shape index (κ1) is 24.4. The summed E-state index contributed by atoms with van der Waals surface area (Å²) in [5, 5.41) is 3.03. The van der Waals surface area contributed by atoms with E-state index >= 15 is 0 Å². The molecular formula is C22H17F5N4O3S. The Labute approximate surface area is 195 Å². The zero-order chi connectivity index (χ0) is 25.4. The van der Waals surface area contributed by atoms with Crippen molar-refractivity contribution in [1.29, 1.82) is 0 Å². The van der Waals surface area contributed by atoms with Gasteiger partial charge in [0.05, 0.1) is 17.8 Å². The normalized spacial score (nSPS) is 12.5. The fraction of sp³-hybridized carbons (Fsp3) is 0.136. The van der Waals surface area contributed by atoms with Crippen molar-refractivity contribution in [1.82, 2.24) is 9.97 Å². The summed E-state index contributed by atoms with van der Waals surface area (Å²) in [5.41, 5.74) is 0.895. The maximum absolute atomic E-state index is 14.6. The lowest BCUT2D eigenvalue weighted by molar-refractivity contribution is -0.169. The van der Waals surface area contributed by atoms with Crippen molar-refractivity contribution < 1.29 is 35.7 Å². The van der Waals surface area contributed by atoms with Gasteiger partial charge in [0.1, 0.15) is 28.9 Å². The van der Waals surface area contributed by atoms with Crippen LogP contribution < -0.4 is 5.32 Å². The predicted octanol–water partition coefficient (Wildman–Crippen LogP) is 5.67. The molecule has 2 N–H and O–H groups in total. The van der Waals surface area contributed by atoms with Gasteiger partial charge >= 0.3 is 12.1 Å². The average Bonchev–Trinajstić information content (AvgIpc) is 3.25. The molecule has 0 fully saturated rings. The van der Waals surface area contributed by atoms with Crippen LogP contribution in [-0.4, -0.2) is 32.9 Å². The van der Waals surface area contributed by atoms with Crippen LogP contribution in [0.15, 0.2) is 63.8 Å². The fourth-order valence-electron chi connectivity index (χ4n) is 3.36. The largest absolute Gasteiger partial charge is 0.474 e. The number of rotatable bonds is 5. The Hall–Kier alpha value is -3.71. The molecule has 0 aliphatic rings. The summed E-state index contributed by atoms with van der Waals surface area (Å²) in [4.78, 5) is 19.2. The predicted molar refractivity (Wildman–Crippen MR) is 121 cm³/mol. The van der Waals surface area contributed by atoms with Gasteiger partial charge in [-0.2, -0.15) is 17.5 Å². The van der Waals surface area contributed by atoms with E-state index in [0.717, 1.165) is 12.5 Å². The average molecular weight is 512 g/mol. The maximum atomic E-state index is 14.6. The highest BCUT2D eigenvalue weighted by Gasteiger charge is 2.39. The molecule has 0 saturated heterocycles. The number of furan rings is 1. The molecule has 0 saturated carbocycles. The summed E-state index contributed by atoms with van der Waals surface area (Å²) >= 11 is 0. The highest BCUT2D eigenvalue weighted by molar-refractivity contribution is 7.98. The minimum atomic E-state index is -5.17. The third-order valence-electron chi connectivity index (χ3n) is 4.82. The van der Waals surface area contributed by atoms with E-state index in [1.54, 1.807) is 0 Å². The van der Waals surface area contributed by atoms with Gasteiger partial charge in [0.15, 0.2) is 0 Å². The van der Waals surface area contributed by atoms with Crippen LogP contribution in [0.2, 0.25) is 0 Å². The number of hydrogen-bond donors (Lipinski definition) is 3. The van der Waals surface area contributed by atoms with Crippen molar-refractivity contribution in [3.05, 3.63) is 72.3 Å². The van der Waals surface area contributed by atoms with Crippen molar-refractivity contribution in [3.8, 4) is 11.1 Å². The number of pyridine rings is 2. The number of amides is 1. The third kappa shape index (κ3) is 5.52. The van der Waals surface area contributed by atoms with Crippen molar-refractivity contribution in [2.24, 2.45) is 4.36 Å². The van der Waals surface area contributed by atoms with E-state index in [-0.39, 0.29) is 33.9 Å². The Kier molecular flexibility index (Phi) is 6.38. The number of aromatic nitrogens is 2. The number of anilines is 2. The Balaban J connectivity index is 1.61. The Morgan fingerprint density at radius 2 is 1.83 bits per heavy atom. The van der Waals surface area contributed by atoms with Crippen LogP contribution in [0.1, 0.15) is 5.56 Å². The first-order valence-corrected chi connectivity index (χ1v) is 12.2. The molecule has 0 spiro atoms. The molecule has 0 unspecified atom stereocenters. The standard InChI is InChI=1S/C22H17F5N4O3S/c1-35(33,31-21(32)22(25,26)27)11-12-4-6-28-18(8-12)30-19-9-15(17(24)10-29-19)13-2-3-16(23)14-5-7-34-20(13)14/h2-10,35H,11H2,1H3,(H,28,29,30)(H,31,32,33). The van der Waals surface area contributed by atoms with Crippen molar-refractivity contribution >= 4 is 38.6 Å². The van der Waals surface area contributed by atoms with Gasteiger partial charge in [-0.15, -0.1) is 10.1 Å². The fourth-order valence-corrected chi connectivity index (χ4v) is 4.82. The summed E-state index contributed by atoms with van der Waals surface area (Å²) in [6.45, 7) is 0. The summed E-state index contributed by atoms with van der Waals surface area (Å²) < 4.78 is 84.5. The first-order chi connectivity index (χ1) is 16.4. The smallest absolute Gasteiger partial charge is 0.464 e. The lowest BCUT2D eigenvalue weighted by Crippen LogP contribution is -2.24. The molecule has 184 valence electrons. The van der Waals surface area contributed by atoms with Gasteiger partial charge in [-0.05, 0) is 48.2 Å². The van der Waals surface area contributed by atoms with E-state index in [9.17, 15) is 31.3 Å². The van der Waals surface area contributed by atoms with Gasteiger partial charge in [0, 0.05) is 23.1 Å². The Morgan fingerprint density at radius 3 is 2.57 bits per heavy atom. The van der Waals surface area contributed by atoms with E-state index in [1.807, 2.05) is 0 Å². The van der Waals surface area contributed by atoms with Crippen LogP contribution in [0.4, 0.5) is 33.6 Å². The molecule has 1 aromatic carbocycles. The monoisotopic (exact) mass is 512 g/mol. The molecule has 0 radical (unpaired) electrons. The minimum absolute atomic E-state index is 0.0805. The molecule has 4 aromatic rings. The van der Waals surface area contributed by atoms with Gasteiger partial charge in [-0.1, -0.05) is 0 Å². The molecule has 35 heavy (non-hydrogen) atoms. The zero-order valence-electron chi connectivity index (χ0n) is 17.8. The van der Waals surface area contributed by atoms with Crippen molar-refractivity contribution in [2.45, 2.75) is 11.9 Å². The minimum Gasteiger partial charge on any atom is -0.464 e. The van der Waals surface area contributed by atoms with Crippen LogP contribution in [0, 0.1) is 11.6 Å². The lowest BCUT2D eigenvalue weighted by atomic mass is 10.0. The zero-order valence-corrected chi connectivity index (χ0v) is 18.7. The van der Waals surface area contributed by atoms with Gasteiger partial charge < -0.3 is 14.3 Å². The molecular weight excluding hydrogens is 495 g/mol. The van der Waals surface area contributed by atoms with Crippen LogP contribution >= 0.6 is 0 Å². The number of carbonyl (C=O) groups excluding carboxylic acids is 1. The number of benzene rings is 1. The number of thiol groups is 1. The molecule has 0 aliphatic heterocycles. The molecule has 1 amide bonds. The van der Waals surface area contributed by atoms with Crippen molar-refractivity contribution in [3.63, 3.8) is 0 Å². The number of hydrogen-bond acceptors (Lipinski definition) is 5. The molecule has 3 aromatic heterocycles. The number of halogens is 5.